The van der Waals surface area contributed by atoms with E-state index in [9.17, 15) is 9.90 Å². The van der Waals surface area contributed by atoms with Gasteiger partial charge in [0.2, 0.25) is 5.90 Å². The zero-order chi connectivity index (χ0) is 18.3. The Hall–Kier alpha value is -2.39. The summed E-state index contributed by atoms with van der Waals surface area (Å²) in [6.45, 7) is 3.31. The molecule has 1 aromatic rings. The molecule has 1 N–H and O–H groups in total. The average molecular weight is 354 g/mol. The molecular formula is C16H22N2O7. The molecule has 0 spiro atoms. The number of nitrogens with zero attached hydrogens (tertiary/aromatic N) is 2. The number of hydrogen-bond donors (Lipinski definition) is 1. The number of aromatic hydroxyl groups is 1. The van der Waals surface area contributed by atoms with Gasteiger partial charge in [0.25, 0.3) is 0 Å². The van der Waals surface area contributed by atoms with E-state index in [2.05, 4.69) is 9.98 Å². The smallest absolute Gasteiger partial charge is 0.337 e. The molecule has 1 aliphatic heterocycles. The Bertz CT molecular complexity index is 635. The summed E-state index contributed by atoms with van der Waals surface area (Å²) >= 11 is 0. The van der Waals surface area contributed by atoms with Gasteiger partial charge in [-0.2, -0.15) is 0 Å². The Morgan fingerprint density at radius 1 is 1.32 bits per heavy atom. The lowest BCUT2D eigenvalue weighted by atomic mass is 10.1. The lowest BCUT2D eigenvalue weighted by molar-refractivity contribution is -0.146. The molecule has 0 radical (unpaired) electrons. The Balaban J connectivity index is 1.96. The summed E-state index contributed by atoms with van der Waals surface area (Å²) in [5.74, 6) is -0.216. The van der Waals surface area contributed by atoms with Crippen LogP contribution >= 0.6 is 0 Å². The van der Waals surface area contributed by atoms with Crippen molar-refractivity contribution in [3.8, 4) is 11.5 Å². The largest absolute Gasteiger partial charge is 0.505 e. The van der Waals surface area contributed by atoms with Gasteiger partial charge in [-0.1, -0.05) is 0 Å². The minimum atomic E-state index is -1.15. The second-order valence-electron chi connectivity index (χ2n) is 5.46. The van der Waals surface area contributed by atoms with Gasteiger partial charge in [-0.3, -0.25) is 0 Å². The zero-order valence-corrected chi connectivity index (χ0v) is 14.5. The number of aromatic nitrogens is 1. The second-order valence-corrected chi connectivity index (χ2v) is 5.46. The van der Waals surface area contributed by atoms with Gasteiger partial charge >= 0.3 is 5.97 Å². The van der Waals surface area contributed by atoms with E-state index in [0.717, 1.165) is 0 Å². The van der Waals surface area contributed by atoms with E-state index in [-0.39, 0.29) is 23.9 Å². The lowest BCUT2D eigenvalue weighted by Crippen LogP contribution is -2.35. The maximum absolute atomic E-state index is 11.7. The van der Waals surface area contributed by atoms with Crippen LogP contribution in [0.3, 0.4) is 0 Å². The number of methoxy groups -OCH3 is 2. The summed E-state index contributed by atoms with van der Waals surface area (Å²) in [6.07, 6.45) is 1.43. The van der Waals surface area contributed by atoms with Crippen LogP contribution in [0.25, 0.3) is 0 Å². The van der Waals surface area contributed by atoms with Gasteiger partial charge in [-0.15, -0.1) is 0 Å². The predicted molar refractivity (Wildman–Crippen MR) is 87.0 cm³/mol. The first-order valence-corrected chi connectivity index (χ1v) is 7.70. The molecule has 2 heterocycles. The molecule has 0 saturated heterocycles. The summed E-state index contributed by atoms with van der Waals surface area (Å²) in [7, 11) is 2.88. The highest BCUT2D eigenvalue weighted by atomic mass is 16.5. The van der Waals surface area contributed by atoms with E-state index in [1.807, 2.05) is 0 Å². The van der Waals surface area contributed by atoms with Crippen LogP contribution in [0.15, 0.2) is 17.3 Å². The lowest BCUT2D eigenvalue weighted by Gasteiger charge is -2.13. The topological polar surface area (TPSA) is 109 Å². The van der Waals surface area contributed by atoms with Crippen molar-refractivity contribution in [3.63, 3.8) is 0 Å². The third-order valence-corrected chi connectivity index (χ3v) is 3.44. The number of pyridine rings is 1. The van der Waals surface area contributed by atoms with E-state index < -0.39 is 11.5 Å². The molecule has 9 heteroatoms. The number of aliphatic imine (C=N–C) groups is 1. The highest BCUT2D eigenvalue weighted by molar-refractivity contribution is 5.99. The number of rotatable bonds is 9. The Morgan fingerprint density at radius 2 is 2.08 bits per heavy atom. The first-order chi connectivity index (χ1) is 12.0. The van der Waals surface area contributed by atoms with Gasteiger partial charge in [0.05, 0.1) is 33.1 Å². The molecule has 0 aromatic carbocycles. The fourth-order valence-electron chi connectivity index (χ4n) is 2.08. The minimum Gasteiger partial charge on any atom is -0.505 e. The number of ether oxygens (including phenoxy) is 5. The van der Waals surface area contributed by atoms with Gasteiger partial charge in [-0.25, -0.2) is 14.8 Å². The molecule has 1 aromatic heterocycles. The molecule has 2 rings (SSSR count). The van der Waals surface area contributed by atoms with Gasteiger partial charge in [0, 0.05) is 13.2 Å². The Labute approximate surface area is 145 Å². The van der Waals surface area contributed by atoms with Gasteiger partial charge in [0.1, 0.15) is 19.0 Å². The molecule has 0 aliphatic carbocycles. The van der Waals surface area contributed by atoms with E-state index in [0.29, 0.717) is 32.2 Å². The summed E-state index contributed by atoms with van der Waals surface area (Å²) in [4.78, 5) is 20.0. The van der Waals surface area contributed by atoms with E-state index in [1.54, 1.807) is 14.0 Å². The minimum absolute atomic E-state index is 0.0210. The monoisotopic (exact) mass is 354 g/mol. The van der Waals surface area contributed by atoms with Crippen LogP contribution in [0, 0.1) is 0 Å². The Morgan fingerprint density at radius 3 is 2.76 bits per heavy atom. The molecule has 138 valence electrons. The van der Waals surface area contributed by atoms with Crippen molar-refractivity contribution in [2.45, 2.75) is 12.5 Å². The third-order valence-electron chi connectivity index (χ3n) is 3.44. The molecule has 25 heavy (non-hydrogen) atoms. The summed E-state index contributed by atoms with van der Waals surface area (Å²) in [5, 5.41) is 10.1. The van der Waals surface area contributed by atoms with E-state index in [4.69, 9.17) is 23.7 Å². The highest BCUT2D eigenvalue weighted by Gasteiger charge is 2.41. The fourth-order valence-corrected chi connectivity index (χ4v) is 2.08. The van der Waals surface area contributed by atoms with Crippen LogP contribution in [-0.2, 0) is 23.7 Å². The van der Waals surface area contributed by atoms with E-state index in [1.165, 1.54) is 19.4 Å². The average Bonchev–Trinajstić information content (AvgIpc) is 3.00. The number of hydrogen-bond acceptors (Lipinski definition) is 9. The van der Waals surface area contributed by atoms with Crippen molar-refractivity contribution in [2.24, 2.45) is 4.99 Å². The van der Waals surface area contributed by atoms with Gasteiger partial charge in [0.15, 0.2) is 17.0 Å². The maximum Gasteiger partial charge on any atom is 0.337 e. The molecule has 0 saturated carbocycles. The standard InChI is InChI=1S/C16H22N2O7/c1-16(15(20)22-3)10-25-14(18-16)13-12(19)8-11(9-17-13)24-7-6-23-5-4-21-2/h8-9,19H,4-7,10H2,1-3H3. The Kier molecular flexibility index (Phi) is 6.54. The van der Waals surface area contributed by atoms with Crippen LogP contribution < -0.4 is 4.74 Å². The fraction of sp³-hybridized carbons (Fsp3) is 0.562. The summed E-state index contributed by atoms with van der Waals surface area (Å²) in [5.41, 5.74) is -1.01. The first-order valence-electron chi connectivity index (χ1n) is 7.70. The zero-order valence-electron chi connectivity index (χ0n) is 14.5. The van der Waals surface area contributed by atoms with Crippen molar-refractivity contribution in [2.75, 3.05) is 47.3 Å². The van der Waals surface area contributed by atoms with Crippen LogP contribution in [0.5, 0.6) is 11.5 Å². The SMILES string of the molecule is COCCOCCOc1cnc(C2=NC(C)(C(=O)OC)CO2)c(O)c1. The predicted octanol–water partition coefficient (Wildman–Crippen LogP) is 0.538. The van der Waals surface area contributed by atoms with Crippen LogP contribution in [0.4, 0.5) is 0 Å². The third kappa shape index (κ3) is 4.80. The highest BCUT2D eigenvalue weighted by Crippen LogP contribution is 2.27. The number of esters is 1. The number of carbonyl (C=O) groups is 1. The normalized spacial score (nSPS) is 19.2. The van der Waals surface area contributed by atoms with E-state index >= 15 is 0 Å². The molecule has 9 nitrogen and oxygen atoms in total. The van der Waals surface area contributed by atoms with Crippen LogP contribution in [0.2, 0.25) is 0 Å². The first kappa shape index (κ1) is 18.9. The summed E-state index contributed by atoms with van der Waals surface area (Å²) in [6, 6.07) is 1.40. The second kappa shape index (κ2) is 8.63. The molecule has 1 aliphatic rings. The molecular weight excluding hydrogens is 332 g/mol. The molecule has 0 amide bonds. The molecule has 0 bridgehead atoms. The molecule has 0 fully saturated rings. The summed E-state index contributed by atoms with van der Waals surface area (Å²) < 4.78 is 25.7. The van der Waals surface area contributed by atoms with Crippen molar-refractivity contribution in [1.29, 1.82) is 0 Å². The number of carbonyl (C=O) groups excluding carboxylic acids is 1. The van der Waals surface area contributed by atoms with Crippen molar-refractivity contribution < 1.29 is 33.6 Å². The molecule has 1 atom stereocenters. The van der Waals surface area contributed by atoms with Crippen molar-refractivity contribution in [1.82, 2.24) is 4.98 Å². The van der Waals surface area contributed by atoms with Crippen molar-refractivity contribution in [3.05, 3.63) is 18.0 Å². The molecule has 1 unspecified atom stereocenters. The quantitative estimate of drug-likeness (QED) is 0.505. The van der Waals surface area contributed by atoms with Gasteiger partial charge in [-0.05, 0) is 6.92 Å². The maximum atomic E-state index is 11.7. The van der Waals surface area contributed by atoms with Crippen LogP contribution in [0.1, 0.15) is 12.6 Å². The van der Waals surface area contributed by atoms with Gasteiger partial charge < -0.3 is 28.8 Å². The van der Waals surface area contributed by atoms with Crippen LogP contribution in [-0.4, -0.2) is 74.8 Å². The van der Waals surface area contributed by atoms with Crippen molar-refractivity contribution >= 4 is 11.9 Å².